The lowest BCUT2D eigenvalue weighted by molar-refractivity contribution is -0.153. The Labute approximate surface area is 108 Å². The maximum absolute atomic E-state index is 12.0. The average Bonchev–Trinajstić information content (AvgIpc) is 2.26. The summed E-state index contributed by atoms with van der Waals surface area (Å²) in [5.41, 5.74) is 6.23. The molecule has 0 bridgehead atoms. The van der Waals surface area contributed by atoms with E-state index in [4.69, 9.17) is 5.73 Å². The molecule has 0 aromatic heterocycles. The van der Waals surface area contributed by atoms with Crippen LogP contribution in [0.4, 0.5) is 18.9 Å². The molecule has 7 heteroatoms. The number of benzene rings is 1. The van der Waals surface area contributed by atoms with Crippen LogP contribution in [0.5, 0.6) is 5.75 Å². The zero-order valence-electron chi connectivity index (χ0n) is 10.4. The number of alkyl halides is 3. The molecule has 1 rings (SSSR count). The first-order valence-electron chi connectivity index (χ1n) is 5.62. The van der Waals surface area contributed by atoms with Gasteiger partial charge >= 0.3 is 6.18 Å². The normalized spacial score (nSPS) is 11.2. The van der Waals surface area contributed by atoms with Gasteiger partial charge in [-0.25, -0.2) is 0 Å². The second-order valence-corrected chi connectivity index (χ2v) is 3.97. The van der Waals surface area contributed by atoms with E-state index >= 15 is 0 Å². The topological polar surface area (TPSA) is 64.4 Å². The Balaban J connectivity index is 2.66. The summed E-state index contributed by atoms with van der Waals surface area (Å²) in [6, 6.07) is 4.41. The van der Waals surface area contributed by atoms with E-state index in [2.05, 4.69) is 10.1 Å². The summed E-state index contributed by atoms with van der Waals surface area (Å²) in [6.45, 7) is 0.495. The third-order valence-electron chi connectivity index (χ3n) is 2.22. The van der Waals surface area contributed by atoms with Crippen LogP contribution in [-0.4, -0.2) is 25.2 Å². The molecular formula is C12H15F3N2O2. The number of carbonyl (C=O) groups is 1. The van der Waals surface area contributed by atoms with E-state index in [9.17, 15) is 18.0 Å². The van der Waals surface area contributed by atoms with Crippen molar-refractivity contribution in [2.24, 2.45) is 5.73 Å². The van der Waals surface area contributed by atoms with Gasteiger partial charge in [0.05, 0.1) is 0 Å². The van der Waals surface area contributed by atoms with Crippen molar-refractivity contribution >= 4 is 11.6 Å². The van der Waals surface area contributed by atoms with Crippen LogP contribution in [0.1, 0.15) is 12.0 Å². The average molecular weight is 276 g/mol. The third kappa shape index (κ3) is 5.60. The van der Waals surface area contributed by atoms with E-state index in [0.29, 0.717) is 11.3 Å². The number of nitrogens with one attached hydrogen (secondary N) is 1. The fraction of sp³-hybridized carbons (Fsp3) is 0.417. The molecule has 0 unspecified atom stereocenters. The van der Waals surface area contributed by atoms with Crippen LogP contribution < -0.4 is 15.8 Å². The monoisotopic (exact) mass is 276 g/mol. The van der Waals surface area contributed by atoms with Gasteiger partial charge < -0.3 is 15.8 Å². The molecular weight excluding hydrogens is 261 g/mol. The molecule has 1 amide bonds. The smallest absolute Gasteiger partial charge is 0.422 e. The minimum absolute atomic E-state index is 0.133. The fourth-order valence-corrected chi connectivity index (χ4v) is 1.40. The molecule has 0 heterocycles. The van der Waals surface area contributed by atoms with E-state index in [1.54, 1.807) is 13.0 Å². The highest BCUT2D eigenvalue weighted by Crippen LogP contribution is 2.24. The Morgan fingerprint density at radius 1 is 1.42 bits per heavy atom. The number of anilines is 1. The second kappa shape index (κ2) is 6.42. The van der Waals surface area contributed by atoms with Crippen LogP contribution >= 0.6 is 0 Å². The van der Waals surface area contributed by atoms with Crippen LogP contribution in [0.3, 0.4) is 0 Å². The van der Waals surface area contributed by atoms with Crippen molar-refractivity contribution in [3.8, 4) is 5.75 Å². The van der Waals surface area contributed by atoms with Crippen molar-refractivity contribution in [2.45, 2.75) is 19.5 Å². The van der Waals surface area contributed by atoms with Gasteiger partial charge in [-0.1, -0.05) is 0 Å². The Morgan fingerprint density at radius 2 is 2.11 bits per heavy atom. The Morgan fingerprint density at radius 3 is 2.63 bits per heavy atom. The number of carbonyl (C=O) groups excluding carboxylic acids is 1. The number of halogens is 3. The predicted molar refractivity (Wildman–Crippen MR) is 65.0 cm³/mol. The minimum atomic E-state index is -4.37. The third-order valence-corrected chi connectivity index (χ3v) is 2.22. The van der Waals surface area contributed by atoms with Gasteiger partial charge in [0.25, 0.3) is 0 Å². The predicted octanol–water partition coefficient (Wildman–Crippen LogP) is 2.22. The van der Waals surface area contributed by atoms with Crippen LogP contribution in [0.2, 0.25) is 0 Å². The molecule has 0 saturated heterocycles. The van der Waals surface area contributed by atoms with Gasteiger partial charge in [0.2, 0.25) is 5.91 Å². The Hall–Kier alpha value is -1.76. The van der Waals surface area contributed by atoms with Crippen LogP contribution in [-0.2, 0) is 4.79 Å². The molecule has 0 saturated carbocycles. The summed E-state index contributed by atoms with van der Waals surface area (Å²) in [5, 5.41) is 2.59. The quantitative estimate of drug-likeness (QED) is 0.866. The van der Waals surface area contributed by atoms with Gasteiger partial charge in [0.1, 0.15) is 5.75 Å². The minimum Gasteiger partial charge on any atom is -0.484 e. The van der Waals surface area contributed by atoms with Crippen LogP contribution in [0.25, 0.3) is 0 Å². The molecule has 0 radical (unpaired) electrons. The maximum atomic E-state index is 12.0. The lowest BCUT2D eigenvalue weighted by Crippen LogP contribution is -2.19. The summed E-state index contributed by atoms with van der Waals surface area (Å²) in [5.74, 6) is -0.111. The highest BCUT2D eigenvalue weighted by atomic mass is 19.4. The molecule has 0 fully saturated rings. The van der Waals surface area contributed by atoms with Crippen LogP contribution in [0.15, 0.2) is 18.2 Å². The van der Waals surface area contributed by atoms with E-state index in [0.717, 1.165) is 0 Å². The van der Waals surface area contributed by atoms with Crippen LogP contribution in [0, 0.1) is 6.92 Å². The number of rotatable bonds is 5. The summed E-state index contributed by atoms with van der Waals surface area (Å²) < 4.78 is 40.7. The molecule has 1 aromatic rings. The van der Waals surface area contributed by atoms with Crippen molar-refractivity contribution in [2.75, 3.05) is 18.5 Å². The SMILES string of the molecule is Cc1cc(NC(=O)CCN)ccc1OCC(F)(F)F. The van der Waals surface area contributed by atoms with Gasteiger partial charge in [-0.2, -0.15) is 13.2 Å². The van der Waals surface area contributed by atoms with E-state index < -0.39 is 12.8 Å². The molecule has 4 nitrogen and oxygen atoms in total. The van der Waals surface area contributed by atoms with Crippen molar-refractivity contribution < 1.29 is 22.7 Å². The molecule has 0 spiro atoms. The molecule has 3 N–H and O–H groups in total. The first kappa shape index (κ1) is 15.3. The number of aryl methyl sites for hydroxylation is 1. The molecule has 0 aliphatic rings. The van der Waals surface area contributed by atoms with Crippen molar-refractivity contribution in [3.63, 3.8) is 0 Å². The van der Waals surface area contributed by atoms with Gasteiger partial charge in [-0.3, -0.25) is 4.79 Å². The first-order valence-corrected chi connectivity index (χ1v) is 5.62. The lowest BCUT2D eigenvalue weighted by Gasteiger charge is -2.12. The van der Waals surface area contributed by atoms with Gasteiger partial charge in [0, 0.05) is 18.7 Å². The summed E-state index contributed by atoms with van der Waals surface area (Å²) >= 11 is 0. The number of nitrogens with two attached hydrogens (primary N) is 1. The van der Waals surface area contributed by atoms with Gasteiger partial charge in [-0.15, -0.1) is 0 Å². The van der Waals surface area contributed by atoms with Crippen molar-refractivity contribution in [3.05, 3.63) is 23.8 Å². The highest BCUT2D eigenvalue weighted by Gasteiger charge is 2.28. The van der Waals surface area contributed by atoms with Gasteiger partial charge in [-0.05, 0) is 30.7 Å². The number of amides is 1. The molecule has 1 aromatic carbocycles. The summed E-state index contributed by atoms with van der Waals surface area (Å²) in [6.07, 6.45) is -4.19. The number of hydrogen-bond acceptors (Lipinski definition) is 3. The zero-order valence-corrected chi connectivity index (χ0v) is 10.4. The van der Waals surface area contributed by atoms with E-state index in [-0.39, 0.29) is 24.6 Å². The first-order chi connectivity index (χ1) is 8.81. The maximum Gasteiger partial charge on any atom is 0.422 e. The molecule has 0 aliphatic heterocycles. The zero-order chi connectivity index (χ0) is 14.5. The standard InChI is InChI=1S/C12H15F3N2O2/c1-8-6-9(17-11(18)4-5-16)2-3-10(8)19-7-12(13,14)15/h2-3,6H,4-5,7,16H2,1H3,(H,17,18). The fourth-order valence-electron chi connectivity index (χ4n) is 1.40. The number of ether oxygens (including phenoxy) is 1. The molecule has 0 aliphatic carbocycles. The lowest BCUT2D eigenvalue weighted by atomic mass is 10.2. The molecule has 0 atom stereocenters. The van der Waals surface area contributed by atoms with Gasteiger partial charge in [0.15, 0.2) is 6.61 Å². The summed E-state index contributed by atoms with van der Waals surface area (Å²) in [7, 11) is 0. The van der Waals surface area contributed by atoms with E-state index in [1.165, 1.54) is 12.1 Å². The Kier molecular flexibility index (Phi) is 5.17. The second-order valence-electron chi connectivity index (χ2n) is 3.97. The van der Waals surface area contributed by atoms with Crippen molar-refractivity contribution in [1.29, 1.82) is 0 Å². The molecule has 19 heavy (non-hydrogen) atoms. The molecule has 106 valence electrons. The summed E-state index contributed by atoms with van der Waals surface area (Å²) in [4.78, 5) is 11.3. The highest BCUT2D eigenvalue weighted by molar-refractivity contribution is 5.91. The van der Waals surface area contributed by atoms with E-state index in [1.807, 2.05) is 0 Å². The number of hydrogen-bond donors (Lipinski definition) is 2. The Bertz CT molecular complexity index is 447. The van der Waals surface area contributed by atoms with Crippen molar-refractivity contribution in [1.82, 2.24) is 0 Å². The largest absolute Gasteiger partial charge is 0.484 e.